The molecule has 0 bridgehead atoms. The van der Waals surface area contributed by atoms with Crippen LogP contribution in [0.15, 0.2) is 41.4 Å². The number of benzene rings is 1. The van der Waals surface area contributed by atoms with Gasteiger partial charge in [0.15, 0.2) is 0 Å². The van der Waals surface area contributed by atoms with Crippen molar-refractivity contribution in [1.29, 1.82) is 0 Å². The molecule has 0 aliphatic heterocycles. The number of allylic oxidation sites excluding steroid dienone is 2. The highest BCUT2D eigenvalue weighted by Crippen LogP contribution is 2.36. The molecule has 0 saturated heterocycles. The molecule has 0 nitrogen and oxygen atoms in total. The molecule has 0 amide bonds. The average Bonchev–Trinajstić information content (AvgIpc) is 2.47. The van der Waals surface area contributed by atoms with Gasteiger partial charge in [0.25, 0.3) is 0 Å². The predicted molar refractivity (Wildman–Crippen MR) is 56.3 cm³/mol. The Morgan fingerprint density at radius 3 is 2.83 bits per heavy atom. The zero-order valence-electron chi connectivity index (χ0n) is 6.63. The molecule has 0 saturated carbocycles. The summed E-state index contributed by atoms with van der Waals surface area (Å²) in [6, 6.07) is 8.39. The summed E-state index contributed by atoms with van der Waals surface area (Å²) in [6.45, 7) is 3.90. The molecule has 0 N–H and O–H groups in total. The van der Waals surface area contributed by atoms with E-state index in [4.69, 9.17) is 0 Å². The summed E-state index contributed by atoms with van der Waals surface area (Å²) in [7, 11) is 0. The Morgan fingerprint density at radius 1 is 1.33 bits per heavy atom. The van der Waals surface area contributed by atoms with E-state index in [1.807, 2.05) is 0 Å². The minimum atomic E-state index is 0.362. The Kier molecular flexibility index (Phi) is 1.89. The Hall–Kier alpha value is -0.820. The highest BCUT2D eigenvalue weighted by molar-refractivity contribution is 9.11. The van der Waals surface area contributed by atoms with Crippen LogP contribution in [-0.4, -0.2) is 0 Å². The fraction of sp³-hybridized carbons (Fsp3) is 0.0909. The van der Waals surface area contributed by atoms with Crippen LogP contribution in [0.25, 0.3) is 6.08 Å². The van der Waals surface area contributed by atoms with Crippen molar-refractivity contribution in [1.82, 2.24) is 0 Å². The van der Waals surface area contributed by atoms with Gasteiger partial charge in [-0.05, 0) is 15.6 Å². The van der Waals surface area contributed by atoms with E-state index in [9.17, 15) is 0 Å². The van der Waals surface area contributed by atoms with Gasteiger partial charge < -0.3 is 0 Å². The third kappa shape index (κ3) is 1.14. The van der Waals surface area contributed by atoms with Crippen molar-refractivity contribution in [3.05, 3.63) is 52.5 Å². The summed E-state index contributed by atoms with van der Waals surface area (Å²) in [4.78, 5) is 0. The highest BCUT2D eigenvalue weighted by Gasteiger charge is 2.17. The fourth-order valence-corrected chi connectivity index (χ4v) is 1.92. The quantitative estimate of drug-likeness (QED) is 0.678. The van der Waals surface area contributed by atoms with Gasteiger partial charge in [0, 0.05) is 5.92 Å². The first-order valence-corrected chi connectivity index (χ1v) is 4.70. The van der Waals surface area contributed by atoms with E-state index in [2.05, 4.69) is 58.9 Å². The lowest BCUT2D eigenvalue weighted by atomic mass is 10.0. The summed E-state index contributed by atoms with van der Waals surface area (Å²) in [6.07, 6.45) is 4.31. The van der Waals surface area contributed by atoms with Gasteiger partial charge in [-0.15, -0.1) is 0 Å². The molecule has 1 atom stereocenters. The normalized spacial score (nSPS) is 19.2. The van der Waals surface area contributed by atoms with E-state index >= 15 is 0 Å². The van der Waals surface area contributed by atoms with Crippen molar-refractivity contribution in [2.24, 2.45) is 0 Å². The van der Waals surface area contributed by atoms with Gasteiger partial charge in [0.05, 0.1) is 0 Å². The van der Waals surface area contributed by atoms with Gasteiger partial charge in [-0.25, -0.2) is 0 Å². The lowest BCUT2D eigenvalue weighted by Gasteiger charge is -2.07. The number of fused-ring (bicyclic) bond motifs is 1. The van der Waals surface area contributed by atoms with Crippen LogP contribution >= 0.6 is 15.9 Å². The number of halogens is 1. The second-order valence-electron chi connectivity index (χ2n) is 2.91. The summed E-state index contributed by atoms with van der Waals surface area (Å²) >= 11 is 3.43. The molecule has 1 aliphatic carbocycles. The van der Waals surface area contributed by atoms with Crippen LogP contribution in [-0.2, 0) is 0 Å². The molecule has 1 aromatic carbocycles. The summed E-state index contributed by atoms with van der Waals surface area (Å²) < 4.78 is 1.03. The standard InChI is InChI=1S/C11H9Br/c1-8(12)10-7-6-9-4-2-3-5-11(9)10/h2-7,10H,1H2. The maximum absolute atomic E-state index is 3.90. The van der Waals surface area contributed by atoms with Crippen molar-refractivity contribution in [3.63, 3.8) is 0 Å². The third-order valence-electron chi connectivity index (χ3n) is 2.14. The van der Waals surface area contributed by atoms with E-state index in [1.54, 1.807) is 0 Å². The Morgan fingerprint density at radius 2 is 2.08 bits per heavy atom. The van der Waals surface area contributed by atoms with Gasteiger partial charge in [0.2, 0.25) is 0 Å². The van der Waals surface area contributed by atoms with Gasteiger partial charge in [-0.3, -0.25) is 0 Å². The van der Waals surface area contributed by atoms with Crippen LogP contribution in [0.3, 0.4) is 0 Å². The largest absolute Gasteiger partial charge is 0.0879 e. The molecule has 1 heteroatoms. The van der Waals surface area contributed by atoms with Gasteiger partial charge in [-0.1, -0.05) is 58.9 Å². The maximum Gasteiger partial charge on any atom is 0.0338 e. The molecule has 0 spiro atoms. The molecule has 2 rings (SSSR count). The van der Waals surface area contributed by atoms with Crippen molar-refractivity contribution < 1.29 is 0 Å². The van der Waals surface area contributed by atoms with Gasteiger partial charge >= 0.3 is 0 Å². The van der Waals surface area contributed by atoms with Crippen LogP contribution in [0.1, 0.15) is 17.0 Å². The first-order chi connectivity index (χ1) is 5.79. The molecule has 1 aliphatic rings. The van der Waals surface area contributed by atoms with Crippen molar-refractivity contribution in [2.75, 3.05) is 0 Å². The van der Waals surface area contributed by atoms with Crippen molar-refractivity contribution in [3.8, 4) is 0 Å². The lowest BCUT2D eigenvalue weighted by Crippen LogP contribution is -1.90. The average molecular weight is 221 g/mol. The fourth-order valence-electron chi connectivity index (χ4n) is 1.52. The third-order valence-corrected chi connectivity index (χ3v) is 2.63. The van der Waals surface area contributed by atoms with Crippen LogP contribution in [0.4, 0.5) is 0 Å². The number of hydrogen-bond donors (Lipinski definition) is 0. The zero-order chi connectivity index (χ0) is 8.55. The zero-order valence-corrected chi connectivity index (χ0v) is 8.21. The molecule has 60 valence electrons. The molecular weight excluding hydrogens is 212 g/mol. The van der Waals surface area contributed by atoms with E-state index in [0.29, 0.717) is 5.92 Å². The van der Waals surface area contributed by atoms with Crippen LogP contribution in [0, 0.1) is 0 Å². The van der Waals surface area contributed by atoms with Crippen LogP contribution in [0.2, 0.25) is 0 Å². The molecule has 0 radical (unpaired) electrons. The van der Waals surface area contributed by atoms with Crippen LogP contribution in [0.5, 0.6) is 0 Å². The molecule has 0 fully saturated rings. The Labute approximate surface area is 80.7 Å². The summed E-state index contributed by atoms with van der Waals surface area (Å²) in [5.74, 6) is 0.362. The lowest BCUT2D eigenvalue weighted by molar-refractivity contribution is 1.10. The second-order valence-corrected chi connectivity index (χ2v) is 3.93. The number of hydrogen-bond acceptors (Lipinski definition) is 0. The maximum atomic E-state index is 3.90. The number of rotatable bonds is 1. The summed E-state index contributed by atoms with van der Waals surface area (Å²) in [5.41, 5.74) is 2.66. The minimum Gasteiger partial charge on any atom is -0.0879 e. The molecule has 1 unspecified atom stereocenters. The monoisotopic (exact) mass is 220 g/mol. The predicted octanol–water partition coefficient (Wildman–Crippen LogP) is 3.71. The first-order valence-electron chi connectivity index (χ1n) is 3.90. The molecule has 1 aromatic rings. The van der Waals surface area contributed by atoms with Gasteiger partial charge in [0.1, 0.15) is 0 Å². The molecular formula is C11H9Br. The van der Waals surface area contributed by atoms with Crippen LogP contribution < -0.4 is 0 Å². The molecule has 0 heterocycles. The van der Waals surface area contributed by atoms with E-state index < -0.39 is 0 Å². The van der Waals surface area contributed by atoms with Gasteiger partial charge in [-0.2, -0.15) is 0 Å². The van der Waals surface area contributed by atoms with E-state index in [0.717, 1.165) is 4.48 Å². The Balaban J connectivity index is 2.49. The van der Waals surface area contributed by atoms with E-state index in [1.165, 1.54) is 11.1 Å². The topological polar surface area (TPSA) is 0 Å². The van der Waals surface area contributed by atoms with Crippen molar-refractivity contribution in [2.45, 2.75) is 5.92 Å². The SMILES string of the molecule is C=C(Br)C1C=Cc2ccccc21. The summed E-state index contributed by atoms with van der Waals surface area (Å²) in [5, 5.41) is 0. The smallest absolute Gasteiger partial charge is 0.0338 e. The second kappa shape index (κ2) is 2.91. The first kappa shape index (κ1) is 7.81. The molecule has 0 aromatic heterocycles. The van der Waals surface area contributed by atoms with Crippen molar-refractivity contribution >= 4 is 22.0 Å². The minimum absolute atomic E-state index is 0.362. The van der Waals surface area contributed by atoms with E-state index in [-0.39, 0.29) is 0 Å². The Bertz CT molecular complexity index is 350. The highest BCUT2D eigenvalue weighted by atomic mass is 79.9. The molecule has 12 heavy (non-hydrogen) atoms.